The molecule has 2 heterocycles. The van der Waals surface area contributed by atoms with Crippen molar-refractivity contribution in [3.05, 3.63) is 60.2 Å². The van der Waals surface area contributed by atoms with E-state index in [0.29, 0.717) is 18.8 Å². The van der Waals surface area contributed by atoms with Gasteiger partial charge in [-0.15, -0.1) is 0 Å². The van der Waals surface area contributed by atoms with Crippen LogP contribution in [0.15, 0.2) is 59.7 Å². The van der Waals surface area contributed by atoms with Gasteiger partial charge in [0.2, 0.25) is 5.91 Å². The summed E-state index contributed by atoms with van der Waals surface area (Å²) in [6.07, 6.45) is 1.12. The van der Waals surface area contributed by atoms with Crippen molar-refractivity contribution in [1.82, 2.24) is 4.90 Å². The van der Waals surface area contributed by atoms with Gasteiger partial charge in [0, 0.05) is 25.4 Å². The Hall–Kier alpha value is -3.35. The topological polar surface area (TPSA) is 88.2 Å². The van der Waals surface area contributed by atoms with E-state index in [1.807, 2.05) is 59.5 Å². The van der Waals surface area contributed by atoms with Crippen molar-refractivity contribution in [2.24, 2.45) is 10.8 Å². The lowest BCUT2D eigenvalue weighted by molar-refractivity contribution is -0.123. The summed E-state index contributed by atoms with van der Waals surface area (Å²) in [5, 5.41) is 6.03. The van der Waals surface area contributed by atoms with Gasteiger partial charge in [-0.25, -0.2) is 0 Å². The molecule has 7 heteroatoms. The van der Waals surface area contributed by atoms with E-state index in [9.17, 15) is 9.59 Å². The number of rotatable bonds is 5. The fourth-order valence-corrected chi connectivity index (χ4v) is 3.96. The molecule has 0 radical (unpaired) electrons. The smallest absolute Gasteiger partial charge is 0.270 e. The number of nitrogens with zero attached hydrogens (tertiary/aromatic N) is 3. The molecule has 0 bridgehead atoms. The van der Waals surface area contributed by atoms with Crippen molar-refractivity contribution >= 4 is 23.2 Å². The van der Waals surface area contributed by atoms with Crippen molar-refractivity contribution in [1.29, 1.82) is 0 Å². The largest absolute Gasteiger partial charge is 0.497 e. The number of benzene rings is 2. The van der Waals surface area contributed by atoms with Gasteiger partial charge in [0.05, 0.1) is 12.8 Å². The summed E-state index contributed by atoms with van der Waals surface area (Å²) in [6.45, 7) is 1.30. The third-order valence-corrected chi connectivity index (χ3v) is 5.57. The highest BCUT2D eigenvalue weighted by Gasteiger charge is 2.38. The quantitative estimate of drug-likeness (QED) is 0.844. The molecule has 2 N–H and O–H groups in total. The molecule has 29 heavy (non-hydrogen) atoms. The molecule has 2 aliphatic heterocycles. The summed E-state index contributed by atoms with van der Waals surface area (Å²) in [4.78, 5) is 26.8. The van der Waals surface area contributed by atoms with Gasteiger partial charge >= 0.3 is 0 Å². The Balaban J connectivity index is 1.48. The van der Waals surface area contributed by atoms with E-state index < -0.39 is 11.9 Å². The van der Waals surface area contributed by atoms with Gasteiger partial charge in [0.25, 0.3) is 5.91 Å². The number of para-hydroxylation sites is 1. The minimum atomic E-state index is -0.642. The minimum Gasteiger partial charge on any atom is -0.497 e. The number of hydrogen-bond acceptors (Lipinski definition) is 5. The zero-order chi connectivity index (χ0) is 20.4. The van der Waals surface area contributed by atoms with Crippen LogP contribution in [0, 0.1) is 0 Å². The highest BCUT2D eigenvalue weighted by molar-refractivity contribution is 6.40. The molecule has 2 aliphatic rings. The molecule has 0 aromatic heterocycles. The number of carbonyl (C=O) groups is 2. The Morgan fingerprint density at radius 1 is 1.10 bits per heavy atom. The first-order chi connectivity index (χ1) is 14.1. The number of anilines is 1. The number of hydrazone groups is 1. The van der Waals surface area contributed by atoms with Crippen molar-refractivity contribution < 1.29 is 14.3 Å². The molecular formula is C22H24N4O3. The van der Waals surface area contributed by atoms with E-state index in [4.69, 9.17) is 10.5 Å². The predicted molar refractivity (Wildman–Crippen MR) is 111 cm³/mol. The fraction of sp³-hybridized carbons (Fsp3) is 0.318. The van der Waals surface area contributed by atoms with E-state index in [-0.39, 0.29) is 18.2 Å². The maximum Gasteiger partial charge on any atom is 0.270 e. The Labute approximate surface area is 169 Å². The lowest BCUT2D eigenvalue weighted by Crippen LogP contribution is -2.40. The first-order valence-corrected chi connectivity index (χ1v) is 9.71. The molecule has 0 saturated carbocycles. The Bertz CT molecular complexity index is 927. The molecule has 2 amide bonds. The van der Waals surface area contributed by atoms with Crippen LogP contribution in [-0.4, -0.2) is 48.7 Å². The summed E-state index contributed by atoms with van der Waals surface area (Å²) < 4.78 is 5.21. The van der Waals surface area contributed by atoms with Gasteiger partial charge in [-0.05, 0) is 36.2 Å². The fourth-order valence-electron chi connectivity index (χ4n) is 3.96. The summed E-state index contributed by atoms with van der Waals surface area (Å²) in [6, 6.07) is 16.6. The molecule has 2 aromatic rings. The zero-order valence-corrected chi connectivity index (χ0v) is 16.3. The van der Waals surface area contributed by atoms with Crippen molar-refractivity contribution in [3.63, 3.8) is 0 Å². The lowest BCUT2D eigenvalue weighted by Gasteiger charge is -2.20. The molecular weight excluding hydrogens is 368 g/mol. The van der Waals surface area contributed by atoms with Crippen molar-refractivity contribution in [2.75, 3.05) is 25.2 Å². The number of primary amides is 1. The first-order valence-electron chi connectivity index (χ1n) is 9.71. The van der Waals surface area contributed by atoms with Crippen LogP contribution in [0.3, 0.4) is 0 Å². The number of ether oxygens (including phenoxy) is 1. The normalized spacial score (nSPS) is 21.2. The molecule has 1 fully saturated rings. The predicted octanol–water partition coefficient (Wildman–Crippen LogP) is 2.13. The van der Waals surface area contributed by atoms with Gasteiger partial charge in [-0.1, -0.05) is 30.3 Å². The number of methoxy groups -OCH3 is 1. The molecule has 1 saturated heterocycles. The third-order valence-electron chi connectivity index (χ3n) is 5.57. The Morgan fingerprint density at radius 2 is 1.83 bits per heavy atom. The molecule has 2 atom stereocenters. The lowest BCUT2D eigenvalue weighted by atomic mass is 9.98. The summed E-state index contributed by atoms with van der Waals surface area (Å²) in [5.74, 6) is 0.492. The molecule has 7 nitrogen and oxygen atoms in total. The average Bonchev–Trinajstić information content (AvgIpc) is 3.42. The van der Waals surface area contributed by atoms with E-state index in [0.717, 1.165) is 17.9 Å². The molecule has 4 rings (SSSR count). The van der Waals surface area contributed by atoms with Crippen molar-refractivity contribution in [3.8, 4) is 5.75 Å². The van der Waals surface area contributed by atoms with Crippen LogP contribution in [-0.2, 0) is 9.59 Å². The Kier molecular flexibility index (Phi) is 5.20. The van der Waals surface area contributed by atoms with Crippen LogP contribution in [0.5, 0.6) is 5.75 Å². The summed E-state index contributed by atoms with van der Waals surface area (Å²) in [7, 11) is 1.64. The number of amides is 2. The van der Waals surface area contributed by atoms with E-state index in [2.05, 4.69) is 5.10 Å². The van der Waals surface area contributed by atoms with Crippen LogP contribution in [0.25, 0.3) is 0 Å². The minimum absolute atomic E-state index is 0.120. The third kappa shape index (κ3) is 3.81. The molecule has 0 aliphatic carbocycles. The van der Waals surface area contributed by atoms with Gasteiger partial charge < -0.3 is 15.4 Å². The second kappa shape index (κ2) is 7.95. The van der Waals surface area contributed by atoms with Crippen LogP contribution in [0.2, 0.25) is 0 Å². The van der Waals surface area contributed by atoms with Gasteiger partial charge in [0.15, 0.2) is 0 Å². The first kappa shape index (κ1) is 19.0. The van der Waals surface area contributed by atoms with E-state index in [1.165, 1.54) is 5.56 Å². The number of nitrogens with two attached hydrogens (primary N) is 1. The maximum absolute atomic E-state index is 13.1. The van der Waals surface area contributed by atoms with E-state index >= 15 is 0 Å². The van der Waals surface area contributed by atoms with Crippen LogP contribution in [0.4, 0.5) is 5.69 Å². The van der Waals surface area contributed by atoms with Crippen LogP contribution in [0.1, 0.15) is 24.3 Å². The molecule has 2 aromatic carbocycles. The average molecular weight is 392 g/mol. The van der Waals surface area contributed by atoms with Crippen LogP contribution < -0.4 is 15.5 Å². The molecule has 150 valence electrons. The second-order valence-electron chi connectivity index (χ2n) is 7.36. The highest BCUT2D eigenvalue weighted by atomic mass is 16.5. The van der Waals surface area contributed by atoms with Gasteiger partial charge in [-0.3, -0.25) is 14.6 Å². The van der Waals surface area contributed by atoms with Crippen LogP contribution >= 0.6 is 0 Å². The standard InChI is InChI=1S/C22H24N4O3/c1-29-18-9-7-15(8-10-18)16-11-12-25(14-16)22(28)19-13-20(21(23)27)26(24-19)17-5-3-2-4-6-17/h2-10,16,20H,11-14H2,1H3,(H2,23,27). The summed E-state index contributed by atoms with van der Waals surface area (Å²) >= 11 is 0. The second-order valence-corrected chi connectivity index (χ2v) is 7.36. The number of likely N-dealkylation sites (tertiary alicyclic amines) is 1. The zero-order valence-electron chi connectivity index (χ0n) is 16.3. The number of hydrogen-bond donors (Lipinski definition) is 1. The maximum atomic E-state index is 13.1. The monoisotopic (exact) mass is 392 g/mol. The molecule has 0 spiro atoms. The summed E-state index contributed by atoms with van der Waals surface area (Å²) in [5.41, 5.74) is 7.89. The van der Waals surface area contributed by atoms with E-state index in [1.54, 1.807) is 12.1 Å². The number of carbonyl (C=O) groups excluding carboxylic acids is 2. The highest BCUT2D eigenvalue weighted by Crippen LogP contribution is 2.30. The SMILES string of the molecule is COc1ccc(C2CCN(C(=O)C3=NN(c4ccccc4)C(C(N)=O)C3)C2)cc1. The Morgan fingerprint density at radius 3 is 2.48 bits per heavy atom. The van der Waals surface area contributed by atoms with Gasteiger partial charge in [-0.2, -0.15) is 5.10 Å². The van der Waals surface area contributed by atoms with Gasteiger partial charge in [0.1, 0.15) is 17.5 Å². The molecule has 2 unspecified atom stereocenters. The van der Waals surface area contributed by atoms with Crippen molar-refractivity contribution in [2.45, 2.75) is 24.8 Å².